The lowest BCUT2D eigenvalue weighted by molar-refractivity contribution is 0.0526. The fraction of sp³-hybridized carbons (Fsp3) is 0.250. The Morgan fingerprint density at radius 1 is 1.06 bits per heavy atom. The van der Waals surface area contributed by atoms with Crippen molar-refractivity contribution in [2.75, 3.05) is 18.1 Å². The normalized spacial score (nSPS) is 13.3. The van der Waals surface area contributed by atoms with Gasteiger partial charge >= 0.3 is 5.97 Å². The summed E-state index contributed by atoms with van der Waals surface area (Å²) in [5.41, 5.74) is 4.34. The molecule has 7 nitrogen and oxygen atoms in total. The summed E-state index contributed by atoms with van der Waals surface area (Å²) in [7, 11) is 0. The number of aryl methyl sites for hydroxylation is 1. The summed E-state index contributed by atoms with van der Waals surface area (Å²) in [6, 6.07) is 16.1. The molecule has 2 aromatic carbocycles. The number of carbonyl (C=O) groups is 1. The van der Waals surface area contributed by atoms with Gasteiger partial charge in [0.25, 0.3) is 0 Å². The van der Waals surface area contributed by atoms with E-state index in [9.17, 15) is 4.79 Å². The van der Waals surface area contributed by atoms with Gasteiger partial charge in [-0.05, 0) is 19.4 Å². The van der Waals surface area contributed by atoms with Crippen LogP contribution in [0.5, 0.6) is 0 Å². The molecule has 2 aromatic heterocycles. The predicted octanol–water partition coefficient (Wildman–Crippen LogP) is 4.00. The van der Waals surface area contributed by atoms with Crippen LogP contribution in [0.2, 0.25) is 0 Å². The largest absolute Gasteiger partial charge is 0.462 e. The Kier molecular flexibility index (Phi) is 4.86. The number of ether oxygens (including phenoxy) is 1. The van der Waals surface area contributed by atoms with E-state index in [1.807, 2.05) is 62.4 Å². The number of carbonyl (C=O) groups excluding carboxylic acids is 1. The molecular formula is C24H23N5O2. The molecule has 0 aliphatic carbocycles. The number of hydrogen-bond donors (Lipinski definition) is 0. The van der Waals surface area contributed by atoms with Crippen molar-refractivity contribution in [2.24, 2.45) is 0 Å². The van der Waals surface area contributed by atoms with Crippen LogP contribution in [0, 0.1) is 6.92 Å². The molecule has 1 aliphatic rings. The summed E-state index contributed by atoms with van der Waals surface area (Å²) >= 11 is 0. The van der Waals surface area contributed by atoms with E-state index >= 15 is 0 Å². The third-order valence-electron chi connectivity index (χ3n) is 5.67. The standard InChI is InChI=1S/C24H23N5O2/c1-3-31-24(30)19-14-25-21-16(2)8-7-11-18(21)22(19)28-12-13-29-20(15-28)26-27-23(29)17-9-5-4-6-10-17/h4-11,14H,3,12-13,15H2,1-2H3. The molecule has 0 N–H and O–H groups in total. The summed E-state index contributed by atoms with van der Waals surface area (Å²) in [6.45, 7) is 6.17. The maximum absolute atomic E-state index is 12.7. The fourth-order valence-electron chi connectivity index (χ4n) is 4.21. The highest BCUT2D eigenvalue weighted by molar-refractivity contribution is 6.05. The summed E-state index contributed by atoms with van der Waals surface area (Å²) in [6.07, 6.45) is 1.64. The minimum atomic E-state index is -0.356. The van der Waals surface area contributed by atoms with Crippen molar-refractivity contribution in [1.29, 1.82) is 0 Å². The molecule has 7 heteroatoms. The number of hydrogen-bond acceptors (Lipinski definition) is 6. The second-order valence-corrected chi connectivity index (χ2v) is 7.59. The zero-order chi connectivity index (χ0) is 21.4. The first-order valence-corrected chi connectivity index (χ1v) is 10.4. The molecular weight excluding hydrogens is 390 g/mol. The number of rotatable bonds is 4. The van der Waals surface area contributed by atoms with Gasteiger partial charge in [0.1, 0.15) is 5.56 Å². The Hall–Kier alpha value is -3.74. The van der Waals surface area contributed by atoms with Gasteiger partial charge in [-0.3, -0.25) is 4.98 Å². The monoisotopic (exact) mass is 413 g/mol. The quantitative estimate of drug-likeness (QED) is 0.471. The summed E-state index contributed by atoms with van der Waals surface area (Å²) in [4.78, 5) is 19.5. The van der Waals surface area contributed by atoms with Gasteiger partial charge in [-0.25, -0.2) is 4.79 Å². The highest BCUT2D eigenvalue weighted by Gasteiger charge is 2.27. The number of anilines is 1. The van der Waals surface area contributed by atoms with E-state index in [2.05, 4.69) is 24.6 Å². The number of nitrogens with zero attached hydrogens (tertiary/aromatic N) is 5. The molecule has 4 aromatic rings. The molecule has 0 bridgehead atoms. The van der Waals surface area contributed by atoms with Crippen molar-refractivity contribution in [2.45, 2.75) is 26.9 Å². The SMILES string of the molecule is CCOC(=O)c1cnc2c(C)cccc2c1N1CCn2c(nnc2-c2ccccc2)C1. The molecule has 31 heavy (non-hydrogen) atoms. The summed E-state index contributed by atoms with van der Waals surface area (Å²) < 4.78 is 7.49. The summed E-state index contributed by atoms with van der Waals surface area (Å²) in [5, 5.41) is 9.84. The third kappa shape index (κ3) is 3.32. The van der Waals surface area contributed by atoms with Crippen LogP contribution >= 0.6 is 0 Å². The second-order valence-electron chi connectivity index (χ2n) is 7.59. The topological polar surface area (TPSA) is 73.1 Å². The maximum atomic E-state index is 12.7. The molecule has 0 unspecified atom stereocenters. The minimum absolute atomic E-state index is 0.318. The Morgan fingerprint density at radius 2 is 1.90 bits per heavy atom. The molecule has 0 amide bonds. The highest BCUT2D eigenvalue weighted by atomic mass is 16.5. The number of fused-ring (bicyclic) bond motifs is 2. The molecule has 0 saturated carbocycles. The molecule has 0 radical (unpaired) electrons. The Balaban J connectivity index is 1.59. The van der Waals surface area contributed by atoms with Crippen molar-refractivity contribution in [1.82, 2.24) is 19.7 Å². The highest BCUT2D eigenvalue weighted by Crippen LogP contribution is 2.34. The van der Waals surface area contributed by atoms with Crippen molar-refractivity contribution in [3.05, 3.63) is 71.7 Å². The summed E-state index contributed by atoms with van der Waals surface area (Å²) in [5.74, 6) is 1.39. The van der Waals surface area contributed by atoms with Crippen LogP contribution in [-0.4, -0.2) is 38.9 Å². The van der Waals surface area contributed by atoms with Gasteiger partial charge in [-0.15, -0.1) is 10.2 Å². The Morgan fingerprint density at radius 3 is 2.71 bits per heavy atom. The molecule has 5 rings (SSSR count). The predicted molar refractivity (Wildman–Crippen MR) is 119 cm³/mol. The number of esters is 1. The first-order valence-electron chi connectivity index (χ1n) is 10.4. The molecule has 0 atom stereocenters. The first kappa shape index (κ1) is 19.2. The molecule has 0 spiro atoms. The maximum Gasteiger partial charge on any atom is 0.341 e. The van der Waals surface area contributed by atoms with E-state index in [0.29, 0.717) is 18.7 Å². The van der Waals surface area contributed by atoms with Gasteiger partial charge < -0.3 is 14.2 Å². The van der Waals surface area contributed by atoms with Gasteiger partial charge in [0, 0.05) is 30.2 Å². The van der Waals surface area contributed by atoms with E-state index in [1.54, 1.807) is 6.20 Å². The van der Waals surface area contributed by atoms with Crippen molar-refractivity contribution < 1.29 is 9.53 Å². The van der Waals surface area contributed by atoms with Crippen molar-refractivity contribution in [3.8, 4) is 11.4 Å². The Bertz CT molecular complexity index is 1270. The minimum Gasteiger partial charge on any atom is -0.462 e. The molecule has 156 valence electrons. The van der Waals surface area contributed by atoms with Gasteiger partial charge in [-0.2, -0.15) is 0 Å². The van der Waals surface area contributed by atoms with Crippen molar-refractivity contribution in [3.63, 3.8) is 0 Å². The van der Waals surface area contributed by atoms with Gasteiger partial charge in [0.2, 0.25) is 0 Å². The number of pyridine rings is 1. The van der Waals surface area contributed by atoms with E-state index in [4.69, 9.17) is 4.74 Å². The van der Waals surface area contributed by atoms with Gasteiger partial charge in [0.05, 0.1) is 24.4 Å². The van der Waals surface area contributed by atoms with E-state index < -0.39 is 0 Å². The molecule has 1 aliphatic heterocycles. The van der Waals surface area contributed by atoms with E-state index in [1.165, 1.54) is 0 Å². The lowest BCUT2D eigenvalue weighted by Crippen LogP contribution is -2.35. The van der Waals surface area contributed by atoms with Crippen molar-refractivity contribution >= 4 is 22.6 Å². The second kappa shape index (κ2) is 7.83. The van der Waals surface area contributed by atoms with E-state index in [0.717, 1.165) is 52.5 Å². The Labute approximate surface area is 180 Å². The van der Waals surface area contributed by atoms with E-state index in [-0.39, 0.29) is 5.97 Å². The molecule has 0 saturated heterocycles. The van der Waals surface area contributed by atoms with Gasteiger partial charge in [0.15, 0.2) is 11.6 Å². The average molecular weight is 413 g/mol. The van der Waals surface area contributed by atoms with Crippen LogP contribution in [0.15, 0.2) is 54.7 Å². The zero-order valence-corrected chi connectivity index (χ0v) is 17.6. The van der Waals surface area contributed by atoms with Crippen LogP contribution < -0.4 is 4.90 Å². The molecule has 0 fully saturated rings. The van der Waals surface area contributed by atoms with Gasteiger partial charge in [-0.1, -0.05) is 48.5 Å². The lowest BCUT2D eigenvalue weighted by Gasteiger charge is -2.31. The van der Waals surface area contributed by atoms with Crippen LogP contribution in [0.1, 0.15) is 28.7 Å². The van der Waals surface area contributed by atoms with Crippen LogP contribution in [0.4, 0.5) is 5.69 Å². The molecule has 3 heterocycles. The smallest absolute Gasteiger partial charge is 0.341 e. The number of aromatic nitrogens is 4. The lowest BCUT2D eigenvalue weighted by atomic mass is 10.0. The average Bonchev–Trinajstić information content (AvgIpc) is 3.22. The number of para-hydroxylation sites is 1. The van der Waals surface area contributed by atoms with Crippen LogP contribution in [0.25, 0.3) is 22.3 Å². The number of benzene rings is 2. The zero-order valence-electron chi connectivity index (χ0n) is 17.6. The third-order valence-corrected chi connectivity index (χ3v) is 5.67. The fourth-order valence-corrected chi connectivity index (χ4v) is 4.21. The first-order chi connectivity index (χ1) is 15.2. The van der Waals surface area contributed by atoms with Crippen LogP contribution in [0.3, 0.4) is 0 Å². The van der Waals surface area contributed by atoms with Crippen LogP contribution in [-0.2, 0) is 17.8 Å².